The standard InChI is InChI=1S/C27H30N6O3S2/c1-17(29-26(35)36-27(2,3)4)25(34)33-11-9-32(10-12-33)18-15-19-24(28-16-18)31-23(21-8-6-14-38-21)22(30-19)20-7-5-13-37-20/h5-8,13-17H,9-12H2,1-4H3,(H,29,35)/t17-/m0/s1. The maximum Gasteiger partial charge on any atom is 0.408 e. The summed E-state index contributed by atoms with van der Waals surface area (Å²) in [6.07, 6.45) is 1.23. The maximum absolute atomic E-state index is 12.9. The summed E-state index contributed by atoms with van der Waals surface area (Å²) in [7, 11) is 0. The van der Waals surface area contributed by atoms with Crippen molar-refractivity contribution in [2.24, 2.45) is 0 Å². The number of nitrogens with zero attached hydrogens (tertiary/aromatic N) is 5. The van der Waals surface area contributed by atoms with E-state index in [9.17, 15) is 9.59 Å². The fraction of sp³-hybridized carbons (Fsp3) is 0.370. The van der Waals surface area contributed by atoms with E-state index >= 15 is 0 Å². The molecule has 1 aliphatic rings. The van der Waals surface area contributed by atoms with Crippen LogP contribution in [0, 0.1) is 0 Å². The Morgan fingerprint density at radius 1 is 1.00 bits per heavy atom. The molecule has 2 amide bonds. The van der Waals surface area contributed by atoms with E-state index in [4.69, 9.17) is 14.7 Å². The first-order valence-corrected chi connectivity index (χ1v) is 14.2. The summed E-state index contributed by atoms with van der Waals surface area (Å²) in [6.45, 7) is 9.43. The summed E-state index contributed by atoms with van der Waals surface area (Å²) >= 11 is 3.27. The van der Waals surface area contributed by atoms with Crippen LogP contribution in [0.3, 0.4) is 0 Å². The molecule has 0 bridgehead atoms. The molecule has 4 aromatic heterocycles. The molecule has 0 spiro atoms. The van der Waals surface area contributed by atoms with Gasteiger partial charge in [0.15, 0.2) is 5.65 Å². The predicted octanol–water partition coefficient (Wildman–Crippen LogP) is 5.04. The second-order valence-electron chi connectivity index (χ2n) is 10.1. The second kappa shape index (κ2) is 10.7. The van der Waals surface area contributed by atoms with Crippen LogP contribution in [0.25, 0.3) is 32.3 Å². The molecule has 0 radical (unpaired) electrons. The number of amides is 2. The lowest BCUT2D eigenvalue weighted by atomic mass is 10.2. The summed E-state index contributed by atoms with van der Waals surface area (Å²) in [5, 5.41) is 6.72. The minimum absolute atomic E-state index is 0.125. The fourth-order valence-corrected chi connectivity index (χ4v) is 5.71. The molecule has 9 nitrogen and oxygen atoms in total. The lowest BCUT2D eigenvalue weighted by Crippen LogP contribution is -2.54. The largest absolute Gasteiger partial charge is 0.444 e. The van der Waals surface area contributed by atoms with Gasteiger partial charge in [-0.1, -0.05) is 12.1 Å². The molecule has 1 saturated heterocycles. The van der Waals surface area contributed by atoms with Crippen LogP contribution in [0.5, 0.6) is 0 Å². The first-order valence-electron chi connectivity index (χ1n) is 12.5. The molecule has 38 heavy (non-hydrogen) atoms. The van der Waals surface area contributed by atoms with Gasteiger partial charge in [0.1, 0.15) is 28.5 Å². The molecule has 11 heteroatoms. The zero-order valence-corrected chi connectivity index (χ0v) is 23.4. The molecular weight excluding hydrogens is 520 g/mol. The number of nitrogens with one attached hydrogen (secondary N) is 1. The van der Waals surface area contributed by atoms with E-state index in [1.165, 1.54) is 0 Å². The van der Waals surface area contributed by atoms with Crippen LogP contribution < -0.4 is 10.2 Å². The highest BCUT2D eigenvalue weighted by molar-refractivity contribution is 7.14. The molecule has 198 valence electrons. The molecule has 0 unspecified atom stereocenters. The van der Waals surface area contributed by atoms with Crippen molar-refractivity contribution in [1.82, 2.24) is 25.2 Å². The van der Waals surface area contributed by atoms with Gasteiger partial charge in [-0.2, -0.15) is 0 Å². The minimum atomic E-state index is -0.665. The van der Waals surface area contributed by atoms with E-state index in [-0.39, 0.29) is 5.91 Å². The maximum atomic E-state index is 12.9. The quantitative estimate of drug-likeness (QED) is 0.371. The van der Waals surface area contributed by atoms with Crippen LogP contribution in [0.15, 0.2) is 47.3 Å². The van der Waals surface area contributed by atoms with Gasteiger partial charge in [-0.25, -0.2) is 19.7 Å². The topological polar surface area (TPSA) is 101 Å². The monoisotopic (exact) mass is 550 g/mol. The number of piperazine rings is 1. The van der Waals surface area contributed by atoms with Gasteiger partial charge in [-0.3, -0.25) is 4.79 Å². The van der Waals surface area contributed by atoms with Crippen LogP contribution >= 0.6 is 22.7 Å². The molecule has 0 aliphatic carbocycles. The lowest BCUT2D eigenvalue weighted by Gasteiger charge is -2.37. The number of rotatable bonds is 5. The highest BCUT2D eigenvalue weighted by atomic mass is 32.1. The first-order chi connectivity index (χ1) is 18.2. The number of hydrogen-bond donors (Lipinski definition) is 1. The molecule has 0 saturated carbocycles. The smallest absolute Gasteiger partial charge is 0.408 e. The third-order valence-electron chi connectivity index (χ3n) is 6.08. The molecule has 1 fully saturated rings. The van der Waals surface area contributed by atoms with E-state index < -0.39 is 17.7 Å². The Morgan fingerprint density at radius 2 is 1.63 bits per heavy atom. The first kappa shape index (κ1) is 26.1. The van der Waals surface area contributed by atoms with Crippen molar-refractivity contribution in [3.63, 3.8) is 0 Å². The normalized spacial score (nSPS) is 14.9. The third-order valence-corrected chi connectivity index (χ3v) is 7.83. The highest BCUT2D eigenvalue weighted by Gasteiger charge is 2.28. The molecule has 1 N–H and O–H groups in total. The number of hydrogen-bond acceptors (Lipinski definition) is 9. The van der Waals surface area contributed by atoms with Crippen molar-refractivity contribution < 1.29 is 14.3 Å². The van der Waals surface area contributed by atoms with Crippen LogP contribution in [-0.2, 0) is 9.53 Å². The van der Waals surface area contributed by atoms with Crippen molar-refractivity contribution >= 4 is 51.5 Å². The van der Waals surface area contributed by atoms with Gasteiger partial charge in [0.05, 0.1) is 21.6 Å². The fourth-order valence-electron chi connectivity index (χ4n) is 4.28. The number of pyridine rings is 1. The number of aromatic nitrogens is 3. The molecule has 1 atom stereocenters. The van der Waals surface area contributed by atoms with E-state index in [0.717, 1.165) is 32.3 Å². The Bertz CT molecular complexity index is 1430. The van der Waals surface area contributed by atoms with E-state index in [1.807, 2.05) is 35.2 Å². The summed E-state index contributed by atoms with van der Waals surface area (Å²) in [4.78, 5) is 45.6. The summed E-state index contributed by atoms with van der Waals surface area (Å²) < 4.78 is 5.27. The van der Waals surface area contributed by atoms with Crippen LogP contribution in [0.1, 0.15) is 27.7 Å². The van der Waals surface area contributed by atoms with Crippen molar-refractivity contribution in [2.75, 3.05) is 31.1 Å². The Kier molecular flexibility index (Phi) is 7.31. The molecule has 5 rings (SSSR count). The van der Waals surface area contributed by atoms with Crippen LogP contribution in [-0.4, -0.2) is 69.7 Å². The van der Waals surface area contributed by atoms with Gasteiger partial charge in [-0.05, 0) is 56.7 Å². The van der Waals surface area contributed by atoms with Gasteiger partial charge >= 0.3 is 6.09 Å². The zero-order valence-electron chi connectivity index (χ0n) is 21.8. The average Bonchev–Trinajstić information content (AvgIpc) is 3.61. The number of alkyl carbamates (subject to hydrolysis) is 1. The summed E-state index contributed by atoms with van der Waals surface area (Å²) in [5.74, 6) is -0.125. The van der Waals surface area contributed by atoms with Gasteiger partial charge < -0.3 is 19.9 Å². The molecule has 4 aromatic rings. The molecule has 1 aliphatic heterocycles. The minimum Gasteiger partial charge on any atom is -0.444 e. The summed E-state index contributed by atoms with van der Waals surface area (Å²) in [5.41, 5.74) is 3.37. The van der Waals surface area contributed by atoms with Gasteiger partial charge in [0.25, 0.3) is 0 Å². The number of carbonyl (C=O) groups is 2. The van der Waals surface area contributed by atoms with E-state index in [1.54, 1.807) is 55.3 Å². The van der Waals surface area contributed by atoms with Crippen LogP contribution in [0.4, 0.5) is 10.5 Å². The van der Waals surface area contributed by atoms with Gasteiger partial charge in [0, 0.05) is 26.2 Å². The lowest BCUT2D eigenvalue weighted by molar-refractivity contribution is -0.133. The van der Waals surface area contributed by atoms with Crippen molar-refractivity contribution in [1.29, 1.82) is 0 Å². The zero-order chi connectivity index (χ0) is 26.9. The molecule has 0 aromatic carbocycles. The summed E-state index contributed by atoms with van der Waals surface area (Å²) in [6, 6.07) is 9.50. The Hall–Kier alpha value is -3.57. The number of thiophene rings is 2. The number of carbonyl (C=O) groups excluding carboxylic acids is 2. The number of fused-ring (bicyclic) bond motifs is 1. The molecule has 5 heterocycles. The Labute approximate surface area is 229 Å². The number of anilines is 1. The van der Waals surface area contributed by atoms with Crippen molar-refractivity contribution in [3.8, 4) is 21.1 Å². The average molecular weight is 551 g/mol. The van der Waals surface area contributed by atoms with Gasteiger partial charge in [0.2, 0.25) is 5.91 Å². The van der Waals surface area contributed by atoms with Gasteiger partial charge in [-0.15, -0.1) is 22.7 Å². The van der Waals surface area contributed by atoms with E-state index in [2.05, 4.69) is 27.3 Å². The SMILES string of the molecule is C[C@H](NC(=O)OC(C)(C)C)C(=O)N1CCN(c2cnc3nc(-c4cccs4)c(-c4cccs4)nc3c2)CC1. The highest BCUT2D eigenvalue weighted by Crippen LogP contribution is 2.35. The van der Waals surface area contributed by atoms with Crippen LogP contribution in [0.2, 0.25) is 0 Å². The van der Waals surface area contributed by atoms with Crippen molar-refractivity contribution in [3.05, 3.63) is 47.3 Å². The second-order valence-corrected chi connectivity index (χ2v) is 12.0. The van der Waals surface area contributed by atoms with E-state index in [0.29, 0.717) is 31.8 Å². The predicted molar refractivity (Wildman–Crippen MR) is 152 cm³/mol. The Balaban J connectivity index is 1.30. The molecular formula is C27H30N6O3S2. The third kappa shape index (κ3) is 5.78. The van der Waals surface area contributed by atoms with Crippen molar-refractivity contribution in [2.45, 2.75) is 39.3 Å². The Morgan fingerprint density at radius 3 is 2.21 bits per heavy atom. The number of ether oxygens (including phenoxy) is 1.